The van der Waals surface area contributed by atoms with E-state index in [2.05, 4.69) is 22.5 Å². The van der Waals surface area contributed by atoms with Crippen LogP contribution in [0.15, 0.2) is 120 Å². The first kappa shape index (κ1) is 37.1. The van der Waals surface area contributed by atoms with Gasteiger partial charge < -0.3 is 30.2 Å². The van der Waals surface area contributed by atoms with Crippen molar-refractivity contribution in [3.05, 3.63) is 159 Å². The van der Waals surface area contributed by atoms with E-state index in [0.717, 1.165) is 35.1 Å². The minimum Gasteiger partial charge on any atom is -0.512 e. The maximum atomic E-state index is 14.2. The minimum atomic E-state index is -0.584. The van der Waals surface area contributed by atoms with Crippen LogP contribution in [0.25, 0.3) is 11.1 Å². The Morgan fingerprint density at radius 1 is 1.06 bits per heavy atom. The van der Waals surface area contributed by atoms with Crippen molar-refractivity contribution >= 4 is 23.4 Å². The Bertz CT molecular complexity index is 2100. The molecule has 5 N–H and O–H groups in total. The Balaban J connectivity index is 1.12. The maximum Gasteiger partial charge on any atom is 0.338 e. The van der Waals surface area contributed by atoms with Crippen LogP contribution in [0.4, 0.5) is 4.39 Å². The number of aliphatic hydroxyl groups is 1. The van der Waals surface area contributed by atoms with Crippen LogP contribution in [0.1, 0.15) is 69.6 Å². The highest BCUT2D eigenvalue weighted by Crippen LogP contribution is 2.49. The number of rotatable bonds is 13. The lowest BCUT2D eigenvalue weighted by Gasteiger charge is -2.42. The Hall–Kier alpha value is -5.65. The second-order valence-electron chi connectivity index (χ2n) is 12.9. The molecule has 2 heterocycles. The van der Waals surface area contributed by atoms with E-state index in [4.69, 9.17) is 26.9 Å². The second-order valence-corrected chi connectivity index (χ2v) is 13.3. The van der Waals surface area contributed by atoms with Gasteiger partial charge in [-0.3, -0.25) is 9.78 Å². The molecule has 3 atom stereocenters. The van der Waals surface area contributed by atoms with Crippen LogP contribution < -0.4 is 16.5 Å². The fraction of sp³-hybridized carbons (Fsp3) is 0.244. The lowest BCUT2D eigenvalue weighted by atomic mass is 9.70. The molecule has 12 heteroatoms. The van der Waals surface area contributed by atoms with Gasteiger partial charge in [-0.2, -0.15) is 0 Å². The van der Waals surface area contributed by atoms with Crippen molar-refractivity contribution < 1.29 is 28.6 Å². The molecule has 274 valence electrons. The summed E-state index contributed by atoms with van der Waals surface area (Å²) in [7, 11) is 1.68. The summed E-state index contributed by atoms with van der Waals surface area (Å²) in [5.74, 6) is 4.96. The van der Waals surface area contributed by atoms with Gasteiger partial charge >= 0.3 is 5.97 Å². The zero-order chi connectivity index (χ0) is 37.6. The van der Waals surface area contributed by atoms with Crippen molar-refractivity contribution in [2.45, 2.75) is 32.2 Å². The highest BCUT2D eigenvalue weighted by Gasteiger charge is 2.41. The van der Waals surface area contributed by atoms with Crippen LogP contribution in [0.2, 0.25) is 5.02 Å². The molecule has 3 aromatic carbocycles. The standard InChI is InChI=1S/C41H41ClFN5O5/c1-4-29-38(33-12-10-27(43)20-35(33)42)37(24(2)47-39(29)25-13-15-46-16-14-25)36(22-49)52-18-17-48(44)21-28(45-3)23-53-41(51)26-9-11-31-30-7-5-6-8-32(30)40(50)34(31)19-26/h5-16,19-22,29,38-39,45,47,49H,4,17-18,23,44H2,1-3H3/b28-21-,36-22+. The van der Waals surface area contributed by atoms with Gasteiger partial charge in [-0.1, -0.05) is 61.3 Å². The highest BCUT2D eigenvalue weighted by molar-refractivity contribution is 6.31. The quantitative estimate of drug-likeness (QED) is 0.0421. The van der Waals surface area contributed by atoms with Gasteiger partial charge in [0.25, 0.3) is 0 Å². The molecule has 10 nitrogen and oxygen atoms in total. The molecule has 6 rings (SSSR count). The van der Waals surface area contributed by atoms with Crippen molar-refractivity contribution in [1.82, 2.24) is 20.6 Å². The molecule has 0 spiro atoms. The number of ether oxygens (including phenoxy) is 2. The number of nitrogens with one attached hydrogen (secondary N) is 2. The number of esters is 1. The number of benzene rings is 3. The average Bonchev–Trinajstić information content (AvgIpc) is 3.46. The zero-order valence-electron chi connectivity index (χ0n) is 29.6. The number of hydrazine groups is 1. The fourth-order valence-electron chi connectivity index (χ4n) is 7.17. The van der Waals surface area contributed by atoms with E-state index in [1.54, 1.807) is 56.0 Å². The number of ketones is 1. The summed E-state index contributed by atoms with van der Waals surface area (Å²) in [6, 6.07) is 20.5. The molecule has 0 fully saturated rings. The van der Waals surface area contributed by atoms with Gasteiger partial charge in [-0.05, 0) is 71.5 Å². The van der Waals surface area contributed by atoms with Crippen molar-refractivity contribution in [3.63, 3.8) is 0 Å². The van der Waals surface area contributed by atoms with Crippen molar-refractivity contribution in [2.75, 3.05) is 26.8 Å². The molecular formula is C41H41ClFN5O5. The van der Waals surface area contributed by atoms with Crippen LogP contribution in [0.3, 0.4) is 0 Å². The molecule has 0 radical (unpaired) electrons. The van der Waals surface area contributed by atoms with Crippen LogP contribution in [0.5, 0.6) is 0 Å². The zero-order valence-corrected chi connectivity index (χ0v) is 30.4. The number of hydrogen-bond donors (Lipinski definition) is 4. The third-order valence-corrected chi connectivity index (χ3v) is 10.1. The molecule has 3 unspecified atom stereocenters. The van der Waals surface area contributed by atoms with E-state index in [1.165, 1.54) is 17.1 Å². The summed E-state index contributed by atoms with van der Waals surface area (Å²) >= 11 is 6.68. The first-order valence-corrected chi connectivity index (χ1v) is 17.7. The summed E-state index contributed by atoms with van der Waals surface area (Å²) in [4.78, 5) is 30.1. The van der Waals surface area contributed by atoms with Gasteiger partial charge in [0.2, 0.25) is 0 Å². The summed E-state index contributed by atoms with van der Waals surface area (Å²) in [5.41, 5.74) is 6.70. The molecule has 1 aliphatic heterocycles. The van der Waals surface area contributed by atoms with E-state index in [1.807, 2.05) is 37.3 Å². The maximum absolute atomic E-state index is 14.2. The van der Waals surface area contributed by atoms with Crippen LogP contribution in [-0.4, -0.2) is 53.7 Å². The molecule has 1 aromatic heterocycles. The fourth-order valence-corrected chi connectivity index (χ4v) is 7.46. The topological polar surface area (TPSA) is 139 Å². The molecule has 0 bridgehead atoms. The molecule has 0 amide bonds. The van der Waals surface area contributed by atoms with E-state index in [9.17, 15) is 19.1 Å². The molecule has 2 aliphatic rings. The van der Waals surface area contributed by atoms with E-state index < -0.39 is 11.8 Å². The third kappa shape index (κ3) is 7.77. The van der Waals surface area contributed by atoms with Gasteiger partial charge in [-0.15, -0.1) is 0 Å². The number of halogens is 2. The highest BCUT2D eigenvalue weighted by atomic mass is 35.5. The number of hydrogen-bond acceptors (Lipinski definition) is 10. The SMILES string of the molecule is CCC1C(c2ccncc2)NC(C)=C(/C(=C\O)OCCN(N)/C=C(/COC(=O)c2ccc3c(c2)C(=O)c2ccccc2-3)NC)C1c1ccc(F)cc1Cl. The molecular weight excluding hydrogens is 697 g/mol. The number of carbonyl (C=O) groups excluding carboxylic acids is 2. The number of nitrogens with two attached hydrogens (primary N) is 1. The first-order chi connectivity index (χ1) is 25.6. The Kier molecular flexibility index (Phi) is 11.5. The summed E-state index contributed by atoms with van der Waals surface area (Å²) in [6.45, 7) is 4.15. The monoisotopic (exact) mass is 737 g/mol. The van der Waals surface area contributed by atoms with E-state index >= 15 is 0 Å². The number of likely N-dealkylation sites (N-methyl/N-ethyl adjacent to an activating group) is 1. The van der Waals surface area contributed by atoms with Gasteiger partial charge in [0.15, 0.2) is 11.5 Å². The summed E-state index contributed by atoms with van der Waals surface area (Å²) in [6.07, 6.45) is 6.72. The van der Waals surface area contributed by atoms with E-state index in [0.29, 0.717) is 28.0 Å². The smallest absolute Gasteiger partial charge is 0.338 e. The third-order valence-electron chi connectivity index (χ3n) is 9.73. The normalized spacial score (nSPS) is 18.2. The Morgan fingerprint density at radius 3 is 2.49 bits per heavy atom. The molecule has 4 aromatic rings. The molecule has 0 saturated carbocycles. The van der Waals surface area contributed by atoms with E-state index in [-0.39, 0.29) is 59.8 Å². The second kappa shape index (κ2) is 16.4. The van der Waals surface area contributed by atoms with Crippen LogP contribution in [0, 0.1) is 11.7 Å². The predicted octanol–water partition coefficient (Wildman–Crippen LogP) is 7.32. The number of aromatic nitrogens is 1. The largest absolute Gasteiger partial charge is 0.512 e. The average molecular weight is 738 g/mol. The number of fused-ring (bicyclic) bond motifs is 3. The first-order valence-electron chi connectivity index (χ1n) is 17.3. The van der Waals surface area contributed by atoms with Gasteiger partial charge in [0.05, 0.1) is 23.8 Å². The number of nitrogens with zero attached hydrogens (tertiary/aromatic N) is 2. The predicted molar refractivity (Wildman–Crippen MR) is 201 cm³/mol. The number of aliphatic hydroxyl groups excluding tert-OH is 1. The Morgan fingerprint density at radius 2 is 1.79 bits per heavy atom. The lowest BCUT2D eigenvalue weighted by Crippen LogP contribution is -2.38. The number of allylic oxidation sites excluding steroid dienone is 2. The van der Waals surface area contributed by atoms with Gasteiger partial charge in [0.1, 0.15) is 25.3 Å². The van der Waals surface area contributed by atoms with Gasteiger partial charge in [0, 0.05) is 59.0 Å². The van der Waals surface area contributed by atoms with Crippen molar-refractivity contribution in [1.29, 1.82) is 0 Å². The lowest BCUT2D eigenvalue weighted by molar-refractivity contribution is 0.0533. The van der Waals surface area contributed by atoms with Gasteiger partial charge in [-0.25, -0.2) is 15.0 Å². The molecule has 1 aliphatic carbocycles. The number of carbonyl (C=O) groups is 2. The summed E-state index contributed by atoms with van der Waals surface area (Å²) < 4.78 is 25.9. The van der Waals surface area contributed by atoms with Crippen molar-refractivity contribution in [3.8, 4) is 11.1 Å². The number of pyridine rings is 1. The van der Waals surface area contributed by atoms with Crippen molar-refractivity contribution in [2.24, 2.45) is 11.8 Å². The minimum absolute atomic E-state index is 0.0546. The van der Waals surface area contributed by atoms with Crippen LogP contribution >= 0.6 is 11.6 Å². The van der Waals surface area contributed by atoms with Crippen LogP contribution in [-0.2, 0) is 9.47 Å². The Labute approximate surface area is 312 Å². The molecule has 53 heavy (non-hydrogen) atoms. The summed E-state index contributed by atoms with van der Waals surface area (Å²) in [5, 5.41) is 18.8. The molecule has 0 saturated heterocycles.